The predicted molar refractivity (Wildman–Crippen MR) is 90.9 cm³/mol. The summed E-state index contributed by atoms with van der Waals surface area (Å²) in [5.74, 6) is 1.82. The van der Waals surface area contributed by atoms with Crippen LogP contribution in [0.4, 0.5) is 11.8 Å². The van der Waals surface area contributed by atoms with Gasteiger partial charge in [-0.1, -0.05) is 6.92 Å². The average Bonchev–Trinajstić information content (AvgIpc) is 2.61. The van der Waals surface area contributed by atoms with Crippen molar-refractivity contribution in [3.05, 3.63) is 11.8 Å². The molecule has 7 heteroatoms. The Labute approximate surface area is 137 Å². The molecule has 7 nitrogen and oxygen atoms in total. The lowest BCUT2D eigenvalue weighted by atomic mass is 10.3. The Morgan fingerprint density at radius 2 is 1.65 bits per heavy atom. The molecule has 0 bridgehead atoms. The molecule has 2 aliphatic rings. The zero-order valence-electron chi connectivity index (χ0n) is 14.1. The lowest BCUT2D eigenvalue weighted by Crippen LogP contribution is -2.47. The van der Waals surface area contributed by atoms with Crippen LogP contribution in [0.15, 0.2) is 6.07 Å². The van der Waals surface area contributed by atoms with Crippen molar-refractivity contribution in [2.75, 3.05) is 68.7 Å². The fourth-order valence-electron chi connectivity index (χ4n) is 3.16. The summed E-state index contributed by atoms with van der Waals surface area (Å²) in [5.41, 5.74) is 1.00. The molecule has 1 aromatic heterocycles. The smallest absolute Gasteiger partial charge is 0.227 e. The molecule has 0 spiro atoms. The molecule has 2 saturated heterocycles. The van der Waals surface area contributed by atoms with Crippen LogP contribution in [0.25, 0.3) is 0 Å². The Morgan fingerprint density at radius 3 is 2.26 bits per heavy atom. The first kappa shape index (κ1) is 16.0. The molecule has 1 aromatic rings. The summed E-state index contributed by atoms with van der Waals surface area (Å²) >= 11 is 0. The van der Waals surface area contributed by atoms with E-state index in [1.165, 1.54) is 0 Å². The maximum Gasteiger partial charge on any atom is 0.227 e. The van der Waals surface area contributed by atoms with Gasteiger partial charge in [0.25, 0.3) is 0 Å². The number of aromatic nitrogens is 2. The second kappa shape index (κ2) is 7.12. The van der Waals surface area contributed by atoms with Gasteiger partial charge in [-0.15, -0.1) is 0 Å². The first-order valence-electron chi connectivity index (χ1n) is 8.47. The minimum Gasteiger partial charge on any atom is -0.353 e. The fourth-order valence-corrected chi connectivity index (χ4v) is 3.16. The van der Waals surface area contributed by atoms with Crippen molar-refractivity contribution >= 4 is 18.2 Å². The highest BCUT2D eigenvalue weighted by molar-refractivity contribution is 5.50. The van der Waals surface area contributed by atoms with E-state index >= 15 is 0 Å². The van der Waals surface area contributed by atoms with Gasteiger partial charge in [0.15, 0.2) is 0 Å². The van der Waals surface area contributed by atoms with Crippen LogP contribution in [0.1, 0.15) is 12.6 Å². The van der Waals surface area contributed by atoms with Crippen molar-refractivity contribution in [1.82, 2.24) is 19.8 Å². The van der Waals surface area contributed by atoms with Gasteiger partial charge in [-0.05, 0) is 13.5 Å². The maximum atomic E-state index is 10.8. The number of hydrogen-bond donors (Lipinski definition) is 0. The molecule has 2 fully saturated rings. The molecule has 0 saturated carbocycles. The molecule has 0 unspecified atom stereocenters. The molecule has 2 aliphatic heterocycles. The summed E-state index contributed by atoms with van der Waals surface area (Å²) in [6.07, 6.45) is 0.932. The predicted octanol–water partition coefficient (Wildman–Crippen LogP) is 0.205. The van der Waals surface area contributed by atoms with Crippen molar-refractivity contribution in [2.24, 2.45) is 0 Å². The summed E-state index contributed by atoms with van der Waals surface area (Å²) in [4.78, 5) is 29.1. The number of likely N-dealkylation sites (N-methyl/N-ethyl adjacent to an activating group) is 1. The van der Waals surface area contributed by atoms with Crippen molar-refractivity contribution in [3.8, 4) is 0 Å². The minimum atomic E-state index is 0.761. The van der Waals surface area contributed by atoms with Crippen molar-refractivity contribution in [2.45, 2.75) is 13.8 Å². The number of carbonyl (C=O) groups is 1. The minimum absolute atomic E-state index is 0.761. The molecule has 0 aliphatic carbocycles. The van der Waals surface area contributed by atoms with Gasteiger partial charge in [0, 0.05) is 64.1 Å². The number of piperazine rings is 2. The first-order valence-corrected chi connectivity index (χ1v) is 8.47. The Bertz CT molecular complexity index is 535. The number of carbonyl (C=O) groups excluding carboxylic acids is 1. The van der Waals surface area contributed by atoms with Crippen LogP contribution in [-0.2, 0) is 4.79 Å². The third-order valence-corrected chi connectivity index (χ3v) is 4.72. The van der Waals surface area contributed by atoms with Crippen LogP contribution >= 0.6 is 0 Å². The zero-order chi connectivity index (χ0) is 16.2. The van der Waals surface area contributed by atoms with E-state index in [1.54, 1.807) is 0 Å². The summed E-state index contributed by atoms with van der Waals surface area (Å²) < 4.78 is 0. The zero-order valence-corrected chi connectivity index (χ0v) is 14.1. The summed E-state index contributed by atoms with van der Waals surface area (Å²) in [7, 11) is 0. The maximum absolute atomic E-state index is 10.8. The third-order valence-electron chi connectivity index (χ3n) is 4.72. The molecule has 0 N–H and O–H groups in total. The van der Waals surface area contributed by atoms with Gasteiger partial charge in [0.2, 0.25) is 12.4 Å². The number of amides is 1. The molecule has 3 rings (SSSR count). The molecule has 126 valence electrons. The molecule has 3 heterocycles. The quantitative estimate of drug-likeness (QED) is 0.740. The van der Waals surface area contributed by atoms with E-state index < -0.39 is 0 Å². The van der Waals surface area contributed by atoms with Crippen molar-refractivity contribution in [1.29, 1.82) is 0 Å². The van der Waals surface area contributed by atoms with Crippen LogP contribution in [-0.4, -0.2) is 85.1 Å². The molecule has 23 heavy (non-hydrogen) atoms. The van der Waals surface area contributed by atoms with E-state index in [0.29, 0.717) is 0 Å². The van der Waals surface area contributed by atoms with Gasteiger partial charge in [0.05, 0.1) is 0 Å². The molecule has 0 aromatic carbocycles. The van der Waals surface area contributed by atoms with Crippen molar-refractivity contribution in [3.63, 3.8) is 0 Å². The van der Waals surface area contributed by atoms with E-state index in [2.05, 4.69) is 26.6 Å². The van der Waals surface area contributed by atoms with Gasteiger partial charge >= 0.3 is 0 Å². The van der Waals surface area contributed by atoms with Gasteiger partial charge < -0.3 is 19.6 Å². The van der Waals surface area contributed by atoms with Gasteiger partial charge in [-0.25, -0.2) is 4.98 Å². The monoisotopic (exact) mass is 318 g/mol. The number of aryl methyl sites for hydroxylation is 1. The third kappa shape index (κ3) is 3.72. The largest absolute Gasteiger partial charge is 0.353 e. The van der Waals surface area contributed by atoms with Crippen LogP contribution in [0.3, 0.4) is 0 Å². The second-order valence-corrected chi connectivity index (χ2v) is 6.22. The van der Waals surface area contributed by atoms with E-state index in [9.17, 15) is 4.79 Å². The van der Waals surface area contributed by atoms with Gasteiger partial charge in [0.1, 0.15) is 5.82 Å². The highest BCUT2D eigenvalue weighted by atomic mass is 16.1. The van der Waals surface area contributed by atoms with Crippen LogP contribution < -0.4 is 9.80 Å². The molecular formula is C16H26N6O. The van der Waals surface area contributed by atoms with Crippen LogP contribution in [0.2, 0.25) is 0 Å². The summed E-state index contributed by atoms with van der Waals surface area (Å²) in [5, 5.41) is 0. The Balaban J connectivity index is 1.71. The summed E-state index contributed by atoms with van der Waals surface area (Å²) in [6.45, 7) is 12.6. The molecule has 0 radical (unpaired) electrons. The number of rotatable bonds is 4. The lowest BCUT2D eigenvalue weighted by molar-refractivity contribution is -0.118. The standard InChI is InChI=1S/C16H26N6O/c1-3-19-4-10-22(11-5-19)16-17-14(2)12-15(18-16)21-8-6-20(13-23)7-9-21/h12-13H,3-11H2,1-2H3. The van der Waals surface area contributed by atoms with Crippen molar-refractivity contribution < 1.29 is 4.79 Å². The SMILES string of the molecule is CCN1CCN(c2nc(C)cc(N3CCN(C=O)CC3)n2)CC1. The first-order chi connectivity index (χ1) is 11.2. The Hall–Kier alpha value is -1.89. The topological polar surface area (TPSA) is 55.8 Å². The van der Waals surface area contributed by atoms with E-state index in [1.807, 2.05) is 17.9 Å². The molecule has 0 atom stereocenters. The molecule has 1 amide bonds. The highest BCUT2D eigenvalue weighted by Gasteiger charge is 2.21. The van der Waals surface area contributed by atoms with Crippen LogP contribution in [0.5, 0.6) is 0 Å². The second-order valence-electron chi connectivity index (χ2n) is 6.22. The number of nitrogens with zero attached hydrogens (tertiary/aromatic N) is 6. The van der Waals surface area contributed by atoms with Gasteiger partial charge in [-0.2, -0.15) is 4.98 Å². The normalized spacial score (nSPS) is 20.0. The highest BCUT2D eigenvalue weighted by Crippen LogP contribution is 2.19. The fraction of sp³-hybridized carbons (Fsp3) is 0.688. The number of hydrogen-bond acceptors (Lipinski definition) is 6. The lowest BCUT2D eigenvalue weighted by Gasteiger charge is -2.36. The van der Waals surface area contributed by atoms with E-state index in [-0.39, 0.29) is 0 Å². The van der Waals surface area contributed by atoms with Gasteiger partial charge in [-0.3, -0.25) is 4.79 Å². The van der Waals surface area contributed by atoms with E-state index in [4.69, 9.17) is 4.98 Å². The summed E-state index contributed by atoms with van der Waals surface area (Å²) in [6, 6.07) is 2.04. The molecular weight excluding hydrogens is 292 g/mol. The van der Waals surface area contributed by atoms with E-state index in [0.717, 1.165) is 82.8 Å². The number of anilines is 2. The van der Waals surface area contributed by atoms with Crippen LogP contribution in [0, 0.1) is 6.92 Å². The Kier molecular flexibility index (Phi) is 4.95. The Morgan fingerprint density at radius 1 is 1.00 bits per heavy atom. The average molecular weight is 318 g/mol.